The maximum Gasteiger partial charge on any atom is 0.309 e. The Bertz CT molecular complexity index is 543. The average Bonchev–Trinajstić information content (AvgIpc) is 2.56. The van der Waals surface area contributed by atoms with Crippen LogP contribution in [-0.4, -0.2) is 20.9 Å². The van der Waals surface area contributed by atoms with E-state index in [1.165, 1.54) is 0 Å². The molecule has 1 aromatic heterocycles. The number of rotatable bonds is 3. The minimum Gasteiger partial charge on any atom is -0.481 e. The molecule has 0 fully saturated rings. The fourth-order valence-electron chi connectivity index (χ4n) is 1.89. The summed E-state index contributed by atoms with van der Waals surface area (Å²) in [6.07, 6.45) is 0.0216. The molecule has 84 valence electrons. The lowest BCUT2D eigenvalue weighted by molar-refractivity contribution is -0.136. The SMILES string of the molecule is CCn1nc2ccc(C)cc2c1CC(=O)O. The maximum absolute atomic E-state index is 10.8. The van der Waals surface area contributed by atoms with E-state index in [9.17, 15) is 4.79 Å². The summed E-state index contributed by atoms with van der Waals surface area (Å²) in [4.78, 5) is 10.8. The molecular formula is C12H14N2O2. The first-order chi connectivity index (χ1) is 7.61. The van der Waals surface area contributed by atoms with Gasteiger partial charge in [0.05, 0.1) is 17.6 Å². The molecule has 1 N–H and O–H groups in total. The monoisotopic (exact) mass is 218 g/mol. The molecule has 0 saturated carbocycles. The van der Waals surface area contributed by atoms with Crippen LogP contribution in [0.2, 0.25) is 0 Å². The second kappa shape index (κ2) is 3.96. The number of aryl methyl sites for hydroxylation is 2. The van der Waals surface area contributed by atoms with E-state index in [-0.39, 0.29) is 6.42 Å². The fraction of sp³-hybridized carbons (Fsp3) is 0.333. The lowest BCUT2D eigenvalue weighted by atomic mass is 10.1. The number of carboxylic acids is 1. The van der Waals surface area contributed by atoms with Crippen LogP contribution in [0.1, 0.15) is 18.2 Å². The van der Waals surface area contributed by atoms with E-state index < -0.39 is 5.97 Å². The number of hydrogen-bond acceptors (Lipinski definition) is 2. The summed E-state index contributed by atoms with van der Waals surface area (Å²) in [5, 5.41) is 14.2. The summed E-state index contributed by atoms with van der Waals surface area (Å²) in [7, 11) is 0. The van der Waals surface area contributed by atoms with Gasteiger partial charge in [-0.25, -0.2) is 0 Å². The highest BCUT2D eigenvalue weighted by atomic mass is 16.4. The first kappa shape index (κ1) is 10.7. The van der Waals surface area contributed by atoms with Crippen molar-refractivity contribution in [1.29, 1.82) is 0 Å². The van der Waals surface area contributed by atoms with Gasteiger partial charge in [-0.2, -0.15) is 5.10 Å². The van der Waals surface area contributed by atoms with E-state index in [0.717, 1.165) is 22.2 Å². The number of fused-ring (bicyclic) bond motifs is 1. The van der Waals surface area contributed by atoms with Crippen molar-refractivity contribution in [2.24, 2.45) is 0 Å². The third-order valence-electron chi connectivity index (χ3n) is 2.62. The highest BCUT2D eigenvalue weighted by Gasteiger charge is 2.13. The van der Waals surface area contributed by atoms with Crippen molar-refractivity contribution in [3.63, 3.8) is 0 Å². The standard InChI is InChI=1S/C12H14N2O2/c1-3-14-11(7-12(15)16)9-6-8(2)4-5-10(9)13-14/h4-6H,3,7H2,1-2H3,(H,15,16). The van der Waals surface area contributed by atoms with Crippen LogP contribution in [0.4, 0.5) is 0 Å². The largest absolute Gasteiger partial charge is 0.481 e. The maximum atomic E-state index is 10.8. The Balaban J connectivity index is 2.65. The molecule has 4 nitrogen and oxygen atoms in total. The summed E-state index contributed by atoms with van der Waals surface area (Å²) in [5.74, 6) is -0.821. The molecule has 1 aromatic carbocycles. The van der Waals surface area contributed by atoms with Gasteiger partial charge in [0.25, 0.3) is 0 Å². The molecule has 0 saturated heterocycles. The van der Waals surface area contributed by atoms with Crippen molar-refractivity contribution in [3.8, 4) is 0 Å². The smallest absolute Gasteiger partial charge is 0.309 e. The van der Waals surface area contributed by atoms with Crippen molar-refractivity contribution in [3.05, 3.63) is 29.5 Å². The summed E-state index contributed by atoms with van der Waals surface area (Å²) in [5.41, 5.74) is 2.77. The van der Waals surface area contributed by atoms with Crippen LogP contribution in [0, 0.1) is 6.92 Å². The van der Waals surface area contributed by atoms with Gasteiger partial charge >= 0.3 is 5.97 Å². The van der Waals surface area contributed by atoms with Gasteiger partial charge in [-0.3, -0.25) is 9.48 Å². The molecule has 0 atom stereocenters. The van der Waals surface area contributed by atoms with Crippen molar-refractivity contribution < 1.29 is 9.90 Å². The Morgan fingerprint density at radius 2 is 2.25 bits per heavy atom. The molecule has 4 heteroatoms. The summed E-state index contributed by atoms with van der Waals surface area (Å²) in [6, 6.07) is 5.91. The Morgan fingerprint density at radius 3 is 2.88 bits per heavy atom. The van der Waals surface area contributed by atoms with Crippen LogP contribution in [0.5, 0.6) is 0 Å². The zero-order valence-corrected chi connectivity index (χ0v) is 9.40. The Hall–Kier alpha value is -1.84. The zero-order chi connectivity index (χ0) is 11.7. The number of benzene rings is 1. The predicted octanol–water partition coefficient (Wildman–Crippen LogP) is 1.99. The lowest BCUT2D eigenvalue weighted by Crippen LogP contribution is -2.08. The van der Waals surface area contributed by atoms with Crippen molar-refractivity contribution in [2.45, 2.75) is 26.8 Å². The second-order valence-corrected chi connectivity index (χ2v) is 3.85. The highest BCUT2D eigenvalue weighted by molar-refractivity contribution is 5.85. The van der Waals surface area contributed by atoms with E-state index in [2.05, 4.69) is 5.10 Å². The number of nitrogens with zero attached hydrogens (tertiary/aromatic N) is 2. The summed E-state index contributed by atoms with van der Waals surface area (Å²) >= 11 is 0. The average molecular weight is 218 g/mol. The molecule has 0 aliphatic heterocycles. The molecule has 0 radical (unpaired) electrons. The number of aliphatic carboxylic acids is 1. The van der Waals surface area contributed by atoms with Crippen molar-refractivity contribution >= 4 is 16.9 Å². The van der Waals surface area contributed by atoms with Crippen LogP contribution in [0.25, 0.3) is 10.9 Å². The molecule has 0 aliphatic rings. The fourth-order valence-corrected chi connectivity index (χ4v) is 1.89. The van der Waals surface area contributed by atoms with Gasteiger partial charge in [-0.1, -0.05) is 11.6 Å². The minimum atomic E-state index is -0.821. The number of carbonyl (C=O) groups is 1. The first-order valence-electron chi connectivity index (χ1n) is 5.29. The minimum absolute atomic E-state index is 0.0216. The van der Waals surface area contributed by atoms with E-state index in [1.54, 1.807) is 4.68 Å². The van der Waals surface area contributed by atoms with Gasteiger partial charge in [0.1, 0.15) is 0 Å². The van der Waals surface area contributed by atoms with Crippen molar-refractivity contribution in [2.75, 3.05) is 0 Å². The number of carboxylic acid groups (broad SMARTS) is 1. The zero-order valence-electron chi connectivity index (χ0n) is 9.40. The van der Waals surface area contributed by atoms with Crippen LogP contribution >= 0.6 is 0 Å². The van der Waals surface area contributed by atoms with Gasteiger partial charge in [0.2, 0.25) is 0 Å². The molecule has 0 unspecified atom stereocenters. The topological polar surface area (TPSA) is 55.1 Å². The lowest BCUT2D eigenvalue weighted by Gasteiger charge is -2.01. The summed E-state index contributed by atoms with van der Waals surface area (Å²) in [6.45, 7) is 4.65. The van der Waals surface area contributed by atoms with Crippen LogP contribution in [-0.2, 0) is 17.8 Å². The van der Waals surface area contributed by atoms with Gasteiger partial charge in [-0.15, -0.1) is 0 Å². The second-order valence-electron chi connectivity index (χ2n) is 3.85. The van der Waals surface area contributed by atoms with Crippen LogP contribution < -0.4 is 0 Å². The Morgan fingerprint density at radius 1 is 1.50 bits per heavy atom. The third kappa shape index (κ3) is 1.78. The van der Waals surface area contributed by atoms with Gasteiger partial charge in [-0.05, 0) is 26.0 Å². The van der Waals surface area contributed by atoms with Crippen LogP contribution in [0.15, 0.2) is 18.2 Å². The molecule has 0 bridgehead atoms. The highest BCUT2D eigenvalue weighted by Crippen LogP contribution is 2.20. The third-order valence-corrected chi connectivity index (χ3v) is 2.62. The van der Waals surface area contributed by atoms with Gasteiger partial charge in [0.15, 0.2) is 0 Å². The van der Waals surface area contributed by atoms with Gasteiger partial charge < -0.3 is 5.11 Å². The first-order valence-corrected chi connectivity index (χ1v) is 5.29. The Labute approximate surface area is 93.5 Å². The Kier molecular flexibility index (Phi) is 2.64. The molecule has 1 heterocycles. The predicted molar refractivity (Wildman–Crippen MR) is 61.5 cm³/mol. The quantitative estimate of drug-likeness (QED) is 0.857. The van der Waals surface area contributed by atoms with E-state index >= 15 is 0 Å². The molecule has 0 amide bonds. The summed E-state index contributed by atoms with van der Waals surface area (Å²) < 4.78 is 1.76. The number of hydrogen-bond donors (Lipinski definition) is 1. The van der Waals surface area contributed by atoms with Crippen molar-refractivity contribution in [1.82, 2.24) is 9.78 Å². The molecule has 0 spiro atoms. The van der Waals surface area contributed by atoms with E-state index in [4.69, 9.17) is 5.11 Å². The van der Waals surface area contributed by atoms with E-state index in [0.29, 0.717) is 6.54 Å². The van der Waals surface area contributed by atoms with Crippen LogP contribution in [0.3, 0.4) is 0 Å². The molecular weight excluding hydrogens is 204 g/mol. The normalized spacial score (nSPS) is 10.9. The molecule has 16 heavy (non-hydrogen) atoms. The van der Waals surface area contributed by atoms with Gasteiger partial charge in [0, 0.05) is 11.9 Å². The molecule has 0 aliphatic carbocycles. The molecule has 2 aromatic rings. The molecule has 2 rings (SSSR count). The van der Waals surface area contributed by atoms with E-state index in [1.807, 2.05) is 32.0 Å². The number of aromatic nitrogens is 2.